The van der Waals surface area contributed by atoms with Crippen LogP contribution >= 0.6 is 0 Å². The van der Waals surface area contributed by atoms with Gasteiger partial charge in [0.05, 0.1) is 11.0 Å². The number of nitrogens with one attached hydrogen (secondary N) is 2. The lowest BCUT2D eigenvalue weighted by atomic mass is 10.0. The molecule has 1 aliphatic heterocycles. The van der Waals surface area contributed by atoms with Gasteiger partial charge in [0.25, 0.3) is 5.91 Å². The van der Waals surface area contributed by atoms with Crippen molar-refractivity contribution < 1.29 is 9.59 Å². The third-order valence-electron chi connectivity index (χ3n) is 5.41. The molecular weight excluding hydrogens is 364 g/mol. The van der Waals surface area contributed by atoms with Gasteiger partial charge >= 0.3 is 0 Å². The molecule has 2 heterocycles. The third kappa shape index (κ3) is 3.88. The van der Waals surface area contributed by atoms with Gasteiger partial charge in [0.2, 0.25) is 5.91 Å². The molecule has 3 aromatic rings. The Morgan fingerprint density at radius 2 is 1.93 bits per heavy atom. The number of rotatable bonds is 7. The standard InChI is InChI=1S/C23H26N4O2/c1-15(2)21(27-14-16-8-3-4-9-17(16)23(27)29)22(28)24-13-7-12-20-25-18-10-5-6-11-19(18)26-20/h3-6,8-11,15,21H,7,12-14H2,1-2H3,(H,24,28)(H,25,26). The molecular formula is C23H26N4O2. The second-order valence-corrected chi connectivity index (χ2v) is 7.87. The second kappa shape index (κ2) is 8.07. The van der Waals surface area contributed by atoms with E-state index in [2.05, 4.69) is 15.3 Å². The van der Waals surface area contributed by atoms with Crippen molar-refractivity contribution in [3.63, 3.8) is 0 Å². The van der Waals surface area contributed by atoms with Crippen LogP contribution in [0.4, 0.5) is 0 Å². The molecule has 6 nitrogen and oxygen atoms in total. The zero-order valence-electron chi connectivity index (χ0n) is 16.8. The van der Waals surface area contributed by atoms with Crippen LogP contribution in [0, 0.1) is 5.92 Å². The Morgan fingerprint density at radius 1 is 1.17 bits per heavy atom. The molecule has 2 aromatic carbocycles. The van der Waals surface area contributed by atoms with Crippen LogP contribution in [0.5, 0.6) is 0 Å². The fourth-order valence-electron chi connectivity index (χ4n) is 4.00. The fourth-order valence-corrected chi connectivity index (χ4v) is 4.00. The number of aromatic amines is 1. The lowest BCUT2D eigenvalue weighted by molar-refractivity contribution is -0.127. The number of hydrogen-bond donors (Lipinski definition) is 2. The lowest BCUT2D eigenvalue weighted by Crippen LogP contribution is -2.50. The summed E-state index contributed by atoms with van der Waals surface area (Å²) >= 11 is 0. The largest absolute Gasteiger partial charge is 0.354 e. The molecule has 1 aromatic heterocycles. The summed E-state index contributed by atoms with van der Waals surface area (Å²) < 4.78 is 0. The SMILES string of the molecule is CC(C)C(C(=O)NCCCc1nc2ccccc2[nH]1)N1Cc2ccccc2C1=O. The van der Waals surface area contributed by atoms with Gasteiger partial charge in [0, 0.05) is 25.1 Å². The summed E-state index contributed by atoms with van der Waals surface area (Å²) in [5.74, 6) is 0.803. The molecule has 0 saturated carbocycles. The van der Waals surface area contributed by atoms with E-state index in [1.54, 1.807) is 4.90 Å². The summed E-state index contributed by atoms with van der Waals surface area (Å²) in [6.07, 6.45) is 1.54. The van der Waals surface area contributed by atoms with Gasteiger partial charge in [-0.05, 0) is 36.1 Å². The van der Waals surface area contributed by atoms with Crippen LogP contribution in [-0.2, 0) is 17.8 Å². The molecule has 1 atom stereocenters. The van der Waals surface area contributed by atoms with E-state index in [1.165, 1.54) is 0 Å². The van der Waals surface area contributed by atoms with E-state index in [-0.39, 0.29) is 17.7 Å². The van der Waals surface area contributed by atoms with Crippen LogP contribution in [0.25, 0.3) is 11.0 Å². The quantitative estimate of drug-likeness (QED) is 0.608. The number of fused-ring (bicyclic) bond motifs is 2. The van der Waals surface area contributed by atoms with E-state index < -0.39 is 6.04 Å². The van der Waals surface area contributed by atoms with Crippen molar-refractivity contribution in [2.45, 2.75) is 39.3 Å². The first-order chi connectivity index (χ1) is 14.0. The van der Waals surface area contributed by atoms with E-state index >= 15 is 0 Å². The van der Waals surface area contributed by atoms with Gasteiger partial charge in [-0.15, -0.1) is 0 Å². The van der Waals surface area contributed by atoms with Crippen molar-refractivity contribution >= 4 is 22.8 Å². The molecule has 0 spiro atoms. The molecule has 29 heavy (non-hydrogen) atoms. The average Bonchev–Trinajstić information content (AvgIpc) is 3.26. The maximum absolute atomic E-state index is 12.9. The number of carbonyl (C=O) groups is 2. The molecule has 0 aliphatic carbocycles. The molecule has 0 saturated heterocycles. The Kier molecular flexibility index (Phi) is 5.34. The van der Waals surface area contributed by atoms with Crippen molar-refractivity contribution in [1.82, 2.24) is 20.2 Å². The summed E-state index contributed by atoms with van der Waals surface area (Å²) in [7, 11) is 0. The maximum atomic E-state index is 12.9. The number of amides is 2. The molecule has 6 heteroatoms. The minimum atomic E-state index is -0.471. The zero-order chi connectivity index (χ0) is 20.4. The Hall–Kier alpha value is -3.15. The summed E-state index contributed by atoms with van der Waals surface area (Å²) in [5.41, 5.74) is 3.67. The highest BCUT2D eigenvalue weighted by Gasteiger charge is 2.37. The lowest BCUT2D eigenvalue weighted by Gasteiger charge is -2.29. The van der Waals surface area contributed by atoms with E-state index in [4.69, 9.17) is 0 Å². The summed E-state index contributed by atoms with van der Waals surface area (Å²) in [6, 6.07) is 15.0. The van der Waals surface area contributed by atoms with Crippen molar-refractivity contribution in [1.29, 1.82) is 0 Å². The number of benzene rings is 2. The van der Waals surface area contributed by atoms with Crippen LogP contribution in [0.3, 0.4) is 0 Å². The Balaban J connectivity index is 1.34. The molecule has 0 radical (unpaired) electrons. The fraction of sp³-hybridized carbons (Fsp3) is 0.348. The monoisotopic (exact) mass is 390 g/mol. The van der Waals surface area contributed by atoms with Gasteiger partial charge in [-0.2, -0.15) is 0 Å². The molecule has 2 N–H and O–H groups in total. The number of carbonyl (C=O) groups excluding carboxylic acids is 2. The molecule has 4 rings (SSSR count). The highest BCUT2D eigenvalue weighted by molar-refractivity contribution is 6.01. The predicted octanol–water partition coefficient (Wildman–Crippen LogP) is 3.29. The van der Waals surface area contributed by atoms with Crippen molar-refractivity contribution in [3.05, 3.63) is 65.5 Å². The van der Waals surface area contributed by atoms with Crippen molar-refractivity contribution in [2.75, 3.05) is 6.54 Å². The van der Waals surface area contributed by atoms with Gasteiger partial charge in [-0.25, -0.2) is 4.98 Å². The van der Waals surface area contributed by atoms with E-state index in [1.807, 2.05) is 62.4 Å². The Bertz CT molecular complexity index is 1010. The first kappa shape index (κ1) is 19.2. The van der Waals surface area contributed by atoms with Crippen molar-refractivity contribution in [3.8, 4) is 0 Å². The molecule has 1 unspecified atom stereocenters. The van der Waals surface area contributed by atoms with Gasteiger partial charge in [0.1, 0.15) is 11.9 Å². The number of aryl methyl sites for hydroxylation is 1. The first-order valence-electron chi connectivity index (χ1n) is 10.1. The average molecular weight is 390 g/mol. The minimum absolute atomic E-state index is 0.0311. The summed E-state index contributed by atoms with van der Waals surface area (Å²) in [5, 5.41) is 3.02. The number of aromatic nitrogens is 2. The third-order valence-corrected chi connectivity index (χ3v) is 5.41. The summed E-state index contributed by atoms with van der Waals surface area (Å²) in [4.78, 5) is 35.2. The summed E-state index contributed by atoms with van der Waals surface area (Å²) in [6.45, 7) is 5.00. The van der Waals surface area contributed by atoms with E-state index in [0.717, 1.165) is 35.3 Å². The predicted molar refractivity (Wildman–Crippen MR) is 112 cm³/mol. The van der Waals surface area contributed by atoms with Crippen LogP contribution in [0.15, 0.2) is 48.5 Å². The normalized spacial score (nSPS) is 14.4. The van der Waals surface area contributed by atoms with Crippen molar-refractivity contribution in [2.24, 2.45) is 5.92 Å². The van der Waals surface area contributed by atoms with E-state index in [0.29, 0.717) is 18.7 Å². The number of para-hydroxylation sites is 2. The smallest absolute Gasteiger partial charge is 0.255 e. The number of nitrogens with zero attached hydrogens (tertiary/aromatic N) is 2. The topological polar surface area (TPSA) is 78.1 Å². The van der Waals surface area contributed by atoms with Crippen LogP contribution in [0.1, 0.15) is 42.0 Å². The maximum Gasteiger partial charge on any atom is 0.255 e. The van der Waals surface area contributed by atoms with E-state index in [9.17, 15) is 9.59 Å². The van der Waals surface area contributed by atoms with Crippen LogP contribution < -0.4 is 5.32 Å². The van der Waals surface area contributed by atoms with Gasteiger partial charge in [0.15, 0.2) is 0 Å². The number of imidazole rings is 1. The highest BCUT2D eigenvalue weighted by Crippen LogP contribution is 2.27. The highest BCUT2D eigenvalue weighted by atomic mass is 16.2. The first-order valence-corrected chi connectivity index (χ1v) is 10.1. The minimum Gasteiger partial charge on any atom is -0.354 e. The Labute approximate surface area is 170 Å². The molecule has 1 aliphatic rings. The second-order valence-electron chi connectivity index (χ2n) is 7.87. The van der Waals surface area contributed by atoms with Crippen LogP contribution in [0.2, 0.25) is 0 Å². The van der Waals surface area contributed by atoms with Crippen LogP contribution in [-0.4, -0.2) is 39.3 Å². The number of H-pyrrole nitrogens is 1. The molecule has 150 valence electrons. The van der Waals surface area contributed by atoms with Gasteiger partial charge in [-0.1, -0.05) is 44.2 Å². The molecule has 0 fully saturated rings. The number of hydrogen-bond acceptors (Lipinski definition) is 3. The van der Waals surface area contributed by atoms with Gasteiger partial charge in [-0.3, -0.25) is 9.59 Å². The molecule has 2 amide bonds. The zero-order valence-corrected chi connectivity index (χ0v) is 16.8. The van der Waals surface area contributed by atoms with Gasteiger partial charge < -0.3 is 15.2 Å². The molecule has 0 bridgehead atoms. The Morgan fingerprint density at radius 3 is 2.69 bits per heavy atom.